The molecule has 0 unspecified atom stereocenters. The first-order chi connectivity index (χ1) is 6.73. The molecule has 0 amide bonds. The Morgan fingerprint density at radius 2 is 0.667 bits per heavy atom. The maximum Gasteiger partial charge on any atom is 0 e. The first-order valence-electron chi connectivity index (χ1n) is 2.24. The largest absolute Gasteiger partial charge is 0 e. The van der Waals surface area contributed by atoms with E-state index in [1.165, 1.54) is 0 Å². The van der Waals surface area contributed by atoms with E-state index in [0.717, 1.165) is 0 Å². The quantitative estimate of drug-likeness (QED) is 0.336. The average Bonchev–Trinajstić information content (AvgIpc) is 2.30. The summed E-state index contributed by atoms with van der Waals surface area (Å²) in [7, 11) is 0. The minimum Gasteiger partial charge on any atom is 0 e. The van der Waals surface area contributed by atoms with Gasteiger partial charge in [-0.25, -0.2) is 5.71 Å². The Labute approximate surface area is 103 Å². The van der Waals surface area contributed by atoms with Crippen LogP contribution in [0.5, 0.6) is 0 Å². The van der Waals surface area contributed by atoms with Crippen molar-refractivity contribution in [3.63, 3.8) is 0 Å². The fraction of sp³-hybridized carbons (Fsp3) is 0.250. The summed E-state index contributed by atoms with van der Waals surface area (Å²) in [6, 6.07) is 0. The molecule has 0 rings (SSSR count). The molecule has 0 spiro atoms. The molecule has 0 heterocycles. The van der Waals surface area contributed by atoms with Gasteiger partial charge in [0.1, 0.15) is 0 Å². The molecule has 0 saturated carbocycles. The van der Waals surface area contributed by atoms with E-state index in [-0.39, 0.29) is 21.1 Å². The summed E-state index contributed by atoms with van der Waals surface area (Å²) in [5.74, 6) is 0. The first kappa shape index (κ1) is 48.1. The number of hydrogen-bond acceptors (Lipinski definition) is 0. The Kier molecular flexibility index (Phi) is 1440. The van der Waals surface area contributed by atoms with Crippen LogP contribution in [0, 0.1) is 33.3 Å². The van der Waals surface area contributed by atoms with E-state index in [4.69, 9.17) is 28.7 Å². The van der Waals surface area contributed by atoms with Crippen LogP contribution in [0.2, 0.25) is 0 Å². The summed E-state index contributed by atoms with van der Waals surface area (Å²) >= 11 is 0. The van der Waals surface area contributed by atoms with Crippen molar-refractivity contribution < 1.29 is 44.3 Å². The van der Waals surface area contributed by atoms with Crippen LogP contribution in [0.25, 0.3) is 5.41 Å². The molecule has 0 aromatic carbocycles. The van der Waals surface area contributed by atoms with Gasteiger partial charge >= 0.3 is 56.5 Å². The fourth-order valence-electron chi connectivity index (χ4n) is 0. The van der Waals surface area contributed by atoms with Gasteiger partial charge in [-0.15, -0.1) is 0 Å². The molecule has 15 heavy (non-hydrogen) atoms. The minimum atomic E-state index is 0. The molecule has 0 aromatic heterocycles. The topological polar surface area (TPSA) is 122 Å². The van der Waals surface area contributed by atoms with E-state index in [1.54, 1.807) is 13.8 Å². The smallest absolute Gasteiger partial charge is 0 e. The second-order valence-corrected chi connectivity index (χ2v) is 0.947. The summed E-state index contributed by atoms with van der Waals surface area (Å²) in [4.78, 5) is 0. The monoisotopic (exact) mass is 380 g/mol. The van der Waals surface area contributed by atoms with Gasteiger partial charge in [-0.3, -0.25) is 0 Å². The van der Waals surface area contributed by atoms with Crippen LogP contribution in [-0.4, -0.2) is 5.71 Å². The predicted molar refractivity (Wildman–Crippen MR) is 39.4 cm³/mol. The molecular weight excluding hydrogens is 374 g/mol. The van der Waals surface area contributed by atoms with Crippen LogP contribution < -0.4 is 0 Å². The van der Waals surface area contributed by atoms with Gasteiger partial charge in [0.2, 0.25) is 0 Å². The predicted octanol–water partition coefficient (Wildman–Crippen LogP) is 0.847. The molecule has 0 saturated heterocycles. The van der Waals surface area contributed by atoms with Crippen molar-refractivity contribution >= 4 is 5.71 Å². The van der Waals surface area contributed by atoms with Crippen LogP contribution >= 0.6 is 0 Å². The van der Waals surface area contributed by atoms with Crippen molar-refractivity contribution in [2.45, 2.75) is 13.8 Å². The molecular formula is C8H6NO5W-. The van der Waals surface area contributed by atoms with Crippen molar-refractivity contribution in [1.29, 1.82) is 0 Å². The van der Waals surface area contributed by atoms with E-state index in [2.05, 4.69) is 33.3 Å². The minimum absolute atomic E-state index is 0. The summed E-state index contributed by atoms with van der Waals surface area (Å²) in [5, 5.41) is 7.97. The Morgan fingerprint density at radius 1 is 0.667 bits per heavy atom. The molecule has 0 aromatic rings. The Hall–Kier alpha value is -0.942. The summed E-state index contributed by atoms with van der Waals surface area (Å²) in [6.45, 7) is 25.8. The average molecular weight is 380 g/mol. The third-order valence-corrected chi connectivity index (χ3v) is 0. The second kappa shape index (κ2) is 448. The third kappa shape index (κ3) is 1800. The van der Waals surface area contributed by atoms with Crippen molar-refractivity contribution in [3.05, 3.63) is 38.7 Å². The number of nitrogens with zero attached hydrogens (tertiary/aromatic N) is 1. The summed E-state index contributed by atoms with van der Waals surface area (Å²) in [5.41, 5.74) is 0.417. The summed E-state index contributed by atoms with van der Waals surface area (Å²) in [6.07, 6.45) is 0. The van der Waals surface area contributed by atoms with Gasteiger partial charge in [-0.05, 0) is 0 Å². The number of rotatable bonds is 0. The molecule has 0 aliphatic heterocycles. The van der Waals surface area contributed by atoms with Crippen LogP contribution in [0.4, 0.5) is 0 Å². The van der Waals surface area contributed by atoms with Crippen molar-refractivity contribution in [2.75, 3.05) is 0 Å². The number of hydrogen-bond donors (Lipinski definition) is 0. The zero-order valence-electron chi connectivity index (χ0n) is 7.90. The normalized spacial score (nSPS) is 2.40. The third-order valence-electron chi connectivity index (χ3n) is 0. The van der Waals surface area contributed by atoms with Crippen LogP contribution in [0.15, 0.2) is 0 Å². The molecule has 0 radical (unpaired) electrons. The van der Waals surface area contributed by atoms with Gasteiger partial charge in [0.05, 0.1) is 0 Å². The fourth-order valence-corrected chi connectivity index (χ4v) is 0. The van der Waals surface area contributed by atoms with Gasteiger partial charge in [0, 0.05) is 21.1 Å². The molecule has 0 atom stereocenters. The van der Waals surface area contributed by atoms with Crippen molar-refractivity contribution in [3.8, 4) is 0 Å². The molecule has 7 heteroatoms. The zero-order valence-corrected chi connectivity index (χ0v) is 10.8. The maximum atomic E-state index is 7.97. The molecule has 0 N–H and O–H groups in total. The Bertz CT molecular complexity index is 141. The second-order valence-electron chi connectivity index (χ2n) is 0.947. The standard InChI is InChI=1S/C3H6N.5CO.W/c1-3(2)4;5*1-2;/h1-2H3;;;;;;/q-1;;;;;;. The van der Waals surface area contributed by atoms with E-state index < -0.39 is 0 Å². The van der Waals surface area contributed by atoms with E-state index in [1.807, 2.05) is 0 Å². The van der Waals surface area contributed by atoms with Crippen molar-refractivity contribution in [1.82, 2.24) is 0 Å². The molecule has 80 valence electrons. The van der Waals surface area contributed by atoms with Crippen LogP contribution in [0.1, 0.15) is 13.8 Å². The van der Waals surface area contributed by atoms with Crippen molar-refractivity contribution in [2.24, 2.45) is 0 Å². The van der Waals surface area contributed by atoms with Gasteiger partial charge in [-0.1, -0.05) is 13.8 Å². The van der Waals surface area contributed by atoms with Crippen LogP contribution in [0.3, 0.4) is 0 Å². The molecule has 0 fully saturated rings. The zero-order chi connectivity index (χ0) is 13.6. The van der Waals surface area contributed by atoms with E-state index in [0.29, 0.717) is 5.71 Å². The van der Waals surface area contributed by atoms with E-state index in [9.17, 15) is 0 Å². The first-order valence-corrected chi connectivity index (χ1v) is 2.24. The molecule has 6 nitrogen and oxygen atoms in total. The maximum absolute atomic E-state index is 7.97. The Balaban J connectivity index is -0.0000000105. The summed E-state index contributed by atoms with van der Waals surface area (Å²) < 4.78 is 37.5. The van der Waals surface area contributed by atoms with E-state index >= 15 is 0 Å². The molecule has 0 aliphatic carbocycles. The van der Waals surface area contributed by atoms with Gasteiger partial charge < -0.3 is 5.41 Å². The Morgan fingerprint density at radius 3 is 0.667 bits per heavy atom. The van der Waals surface area contributed by atoms with Gasteiger partial charge in [0.15, 0.2) is 0 Å². The van der Waals surface area contributed by atoms with Crippen LogP contribution in [-0.2, 0) is 44.3 Å². The molecule has 0 aliphatic rings. The van der Waals surface area contributed by atoms with Gasteiger partial charge in [-0.2, -0.15) is 0 Å². The van der Waals surface area contributed by atoms with Gasteiger partial charge in [0.25, 0.3) is 0 Å². The SMILES string of the molecule is CC(C)=[N-].[C-]#[O+].[C-]#[O+].[C-]#[O+].[C-]#[O+].[C-]#[O+].[W]. The molecule has 0 bridgehead atoms.